The Bertz CT molecular complexity index is 1540. The second kappa shape index (κ2) is 10.5. The Kier molecular flexibility index (Phi) is 6.83. The molecule has 0 radical (unpaired) electrons. The lowest BCUT2D eigenvalue weighted by atomic mass is 10.1. The van der Waals surface area contributed by atoms with Gasteiger partial charge in [0.05, 0.1) is 11.1 Å². The van der Waals surface area contributed by atoms with Gasteiger partial charge in [0, 0.05) is 65.8 Å². The highest BCUT2D eigenvalue weighted by Gasteiger charge is 2.45. The Morgan fingerprint density at radius 1 is 1.00 bits per heavy atom. The van der Waals surface area contributed by atoms with Crippen LogP contribution < -0.4 is 10.1 Å². The molecule has 1 amide bonds. The molecule has 2 aliphatic rings. The molecule has 3 aromatic carbocycles. The van der Waals surface area contributed by atoms with Gasteiger partial charge in [0.2, 0.25) is 0 Å². The van der Waals surface area contributed by atoms with Gasteiger partial charge in [-0.15, -0.1) is 0 Å². The minimum atomic E-state index is -4.52. The van der Waals surface area contributed by atoms with Gasteiger partial charge in [-0.3, -0.25) is 14.7 Å². The highest BCUT2D eigenvalue weighted by molar-refractivity contribution is 5.95. The smallest absolute Gasteiger partial charge is 0.416 e. The molecule has 9 heteroatoms. The molecule has 4 aromatic rings. The van der Waals surface area contributed by atoms with Crippen LogP contribution in [0.15, 0.2) is 78.9 Å². The van der Waals surface area contributed by atoms with Crippen LogP contribution in [-0.4, -0.2) is 59.0 Å². The van der Waals surface area contributed by atoms with E-state index in [0.717, 1.165) is 41.7 Å². The number of nitrogens with zero attached hydrogens (tertiary/aromatic N) is 3. The quantitative estimate of drug-likeness (QED) is 0.296. The molecular formula is C31H29F3N4O2. The molecule has 40 heavy (non-hydrogen) atoms. The summed E-state index contributed by atoms with van der Waals surface area (Å²) in [4.78, 5) is 21.6. The van der Waals surface area contributed by atoms with Crippen LogP contribution in [0.25, 0.3) is 10.9 Å². The first-order chi connectivity index (χ1) is 19.2. The van der Waals surface area contributed by atoms with Gasteiger partial charge in [-0.05, 0) is 49.7 Å². The van der Waals surface area contributed by atoms with Crippen molar-refractivity contribution >= 4 is 28.2 Å². The summed E-state index contributed by atoms with van der Waals surface area (Å²) in [5.74, 6) is 0.197. The predicted octanol–water partition coefficient (Wildman–Crippen LogP) is 6.28. The molecule has 1 N–H and O–H groups in total. The molecule has 0 aliphatic carbocycles. The summed E-state index contributed by atoms with van der Waals surface area (Å²) in [6, 6.07) is 22.7. The maximum absolute atomic E-state index is 13.8. The van der Waals surface area contributed by atoms with Crippen LogP contribution in [-0.2, 0) is 6.18 Å². The van der Waals surface area contributed by atoms with Crippen LogP contribution in [0.4, 0.5) is 24.5 Å². The number of rotatable bonds is 7. The number of alkyl halides is 3. The topological polar surface area (TPSA) is 57.7 Å². The zero-order chi connectivity index (χ0) is 27.9. The van der Waals surface area contributed by atoms with Gasteiger partial charge in [0.25, 0.3) is 5.91 Å². The first-order valence-electron chi connectivity index (χ1n) is 13.3. The van der Waals surface area contributed by atoms with E-state index in [2.05, 4.69) is 15.2 Å². The third kappa shape index (κ3) is 5.34. The monoisotopic (exact) mass is 546 g/mol. The number of likely N-dealkylation sites (tertiary alicyclic amines) is 2. The SMILES string of the molecule is Cc1cc(Nc2cc(OCCN3C[C@H]4C[C@@H]3CN4C(=O)c3ccccc3)cc(C(F)(F)F)c2)c2ccccc2n1. The maximum Gasteiger partial charge on any atom is 0.416 e. The Labute approximate surface area is 230 Å². The van der Waals surface area contributed by atoms with Crippen molar-refractivity contribution in [3.05, 3.63) is 95.7 Å². The van der Waals surface area contributed by atoms with E-state index in [1.807, 2.05) is 72.5 Å². The minimum absolute atomic E-state index is 0.0464. The molecule has 2 aliphatic heterocycles. The molecule has 1 aromatic heterocycles. The van der Waals surface area contributed by atoms with Crippen LogP contribution in [0.5, 0.6) is 5.75 Å². The molecular weight excluding hydrogens is 517 g/mol. The highest BCUT2D eigenvalue weighted by atomic mass is 19.4. The number of anilines is 2. The first-order valence-corrected chi connectivity index (χ1v) is 13.3. The van der Waals surface area contributed by atoms with E-state index in [-0.39, 0.29) is 36.0 Å². The molecule has 0 unspecified atom stereocenters. The number of para-hydroxylation sites is 1. The van der Waals surface area contributed by atoms with Gasteiger partial charge in [0.15, 0.2) is 0 Å². The fraction of sp³-hybridized carbons (Fsp3) is 0.290. The molecule has 2 saturated heterocycles. The number of halogens is 3. The normalized spacial score (nSPS) is 18.9. The van der Waals surface area contributed by atoms with E-state index in [0.29, 0.717) is 24.3 Å². The largest absolute Gasteiger partial charge is 0.492 e. The number of amides is 1. The average Bonchev–Trinajstić information content (AvgIpc) is 3.53. The Hall–Kier alpha value is -4.11. The summed E-state index contributed by atoms with van der Waals surface area (Å²) < 4.78 is 47.2. The number of pyridine rings is 1. The van der Waals surface area contributed by atoms with Crippen LogP contribution in [0.2, 0.25) is 0 Å². The van der Waals surface area contributed by atoms with Crippen LogP contribution >= 0.6 is 0 Å². The zero-order valence-electron chi connectivity index (χ0n) is 22.0. The number of hydrogen-bond donors (Lipinski definition) is 1. The van der Waals surface area contributed by atoms with Gasteiger partial charge in [-0.25, -0.2) is 0 Å². The van der Waals surface area contributed by atoms with E-state index >= 15 is 0 Å². The lowest BCUT2D eigenvalue weighted by Crippen LogP contribution is -2.49. The number of fused-ring (bicyclic) bond motifs is 3. The lowest BCUT2D eigenvalue weighted by molar-refractivity contribution is -0.137. The molecule has 0 spiro atoms. The standard InChI is InChI=1S/C31H29F3N4O2/c1-20-13-29(27-9-5-6-10-28(27)35-20)36-23-14-22(31(32,33)34)15-26(16-23)40-12-11-37-18-25-17-24(37)19-38(25)30(39)21-7-3-2-4-8-21/h2-10,13-16,24-25H,11-12,17-19H2,1H3,(H,35,36)/t24-,25-/m1/s1. The first kappa shape index (κ1) is 26.1. The van der Waals surface area contributed by atoms with Crippen LogP contribution in [0, 0.1) is 6.92 Å². The molecule has 2 atom stereocenters. The van der Waals surface area contributed by atoms with Crippen molar-refractivity contribution in [3.8, 4) is 5.75 Å². The van der Waals surface area contributed by atoms with Gasteiger partial charge >= 0.3 is 6.18 Å². The summed E-state index contributed by atoms with van der Waals surface area (Å²) in [5, 5.41) is 3.97. The summed E-state index contributed by atoms with van der Waals surface area (Å²) in [6.45, 7) is 4.04. The number of nitrogens with one attached hydrogen (secondary N) is 1. The molecule has 0 saturated carbocycles. The highest BCUT2D eigenvalue weighted by Crippen LogP contribution is 2.36. The maximum atomic E-state index is 13.8. The van der Waals surface area contributed by atoms with Crippen molar-refractivity contribution in [2.24, 2.45) is 0 Å². The number of piperazine rings is 1. The molecule has 6 rings (SSSR count). The van der Waals surface area contributed by atoms with Crippen molar-refractivity contribution in [2.75, 3.05) is 31.6 Å². The lowest BCUT2D eigenvalue weighted by Gasteiger charge is -2.34. The number of carbonyl (C=O) groups is 1. The Morgan fingerprint density at radius 3 is 2.52 bits per heavy atom. The van der Waals surface area contributed by atoms with Gasteiger partial charge < -0.3 is 15.0 Å². The fourth-order valence-corrected chi connectivity index (χ4v) is 5.78. The van der Waals surface area contributed by atoms with Crippen molar-refractivity contribution in [1.29, 1.82) is 0 Å². The minimum Gasteiger partial charge on any atom is -0.492 e. The van der Waals surface area contributed by atoms with Crippen LogP contribution in [0.3, 0.4) is 0 Å². The van der Waals surface area contributed by atoms with E-state index in [9.17, 15) is 18.0 Å². The number of benzene rings is 3. The van der Waals surface area contributed by atoms with Gasteiger partial charge in [-0.1, -0.05) is 36.4 Å². The van der Waals surface area contributed by atoms with Crippen molar-refractivity contribution in [1.82, 2.24) is 14.8 Å². The fourth-order valence-electron chi connectivity index (χ4n) is 5.78. The molecule has 6 nitrogen and oxygen atoms in total. The van der Waals surface area contributed by atoms with Gasteiger partial charge in [-0.2, -0.15) is 13.2 Å². The number of ether oxygens (including phenoxy) is 1. The van der Waals surface area contributed by atoms with Crippen LogP contribution in [0.1, 0.15) is 28.0 Å². The van der Waals surface area contributed by atoms with E-state index < -0.39 is 11.7 Å². The van der Waals surface area contributed by atoms with E-state index in [1.165, 1.54) is 0 Å². The van der Waals surface area contributed by atoms with E-state index in [1.54, 1.807) is 6.07 Å². The van der Waals surface area contributed by atoms with Gasteiger partial charge in [0.1, 0.15) is 12.4 Å². The zero-order valence-corrected chi connectivity index (χ0v) is 22.0. The predicted molar refractivity (Wildman–Crippen MR) is 148 cm³/mol. The molecule has 2 fully saturated rings. The number of aromatic nitrogens is 1. The van der Waals surface area contributed by atoms with Crippen molar-refractivity contribution in [3.63, 3.8) is 0 Å². The number of carbonyl (C=O) groups excluding carboxylic acids is 1. The summed E-state index contributed by atoms with van der Waals surface area (Å²) in [5.41, 5.74) is 2.39. The molecule has 206 valence electrons. The third-order valence-corrected chi connectivity index (χ3v) is 7.64. The number of aryl methyl sites for hydroxylation is 1. The average molecular weight is 547 g/mol. The second-order valence-corrected chi connectivity index (χ2v) is 10.4. The molecule has 3 heterocycles. The summed E-state index contributed by atoms with van der Waals surface area (Å²) in [6.07, 6.45) is -3.62. The molecule has 2 bridgehead atoms. The second-order valence-electron chi connectivity index (χ2n) is 10.4. The Balaban J connectivity index is 1.13. The Morgan fingerprint density at radius 2 is 1.77 bits per heavy atom. The summed E-state index contributed by atoms with van der Waals surface area (Å²) in [7, 11) is 0. The van der Waals surface area contributed by atoms with Crippen molar-refractivity contribution < 1.29 is 22.7 Å². The summed E-state index contributed by atoms with van der Waals surface area (Å²) >= 11 is 0. The third-order valence-electron chi connectivity index (χ3n) is 7.64. The van der Waals surface area contributed by atoms with E-state index in [4.69, 9.17) is 4.74 Å². The number of hydrogen-bond acceptors (Lipinski definition) is 5. The van der Waals surface area contributed by atoms with Crippen molar-refractivity contribution in [2.45, 2.75) is 31.6 Å².